The van der Waals surface area contributed by atoms with Crippen LogP contribution in [0.5, 0.6) is 17.2 Å². The highest BCUT2D eigenvalue weighted by Gasteiger charge is 2.36. The van der Waals surface area contributed by atoms with Gasteiger partial charge in [-0.1, -0.05) is 23.8 Å². The Labute approximate surface area is 170 Å². The van der Waals surface area contributed by atoms with Crippen LogP contribution in [0.25, 0.3) is 0 Å². The molecule has 1 N–H and O–H groups in total. The van der Waals surface area contributed by atoms with Crippen molar-refractivity contribution in [3.8, 4) is 17.2 Å². The van der Waals surface area contributed by atoms with E-state index in [1.54, 1.807) is 25.2 Å². The summed E-state index contributed by atoms with van der Waals surface area (Å²) in [6, 6.07) is 12.5. The maximum Gasteiger partial charge on any atom is 0.261 e. The summed E-state index contributed by atoms with van der Waals surface area (Å²) in [5.41, 5.74) is 1.92. The molecule has 1 saturated heterocycles. The molecule has 1 fully saturated rings. The first-order valence-corrected chi connectivity index (χ1v) is 9.50. The van der Waals surface area contributed by atoms with E-state index in [0.29, 0.717) is 30.4 Å². The van der Waals surface area contributed by atoms with Crippen LogP contribution in [-0.2, 0) is 9.53 Å². The Hall–Kier alpha value is -2.77. The number of carbonyl (C=O) groups excluding carboxylic acids is 1. The van der Waals surface area contributed by atoms with Crippen LogP contribution in [0, 0.1) is 6.92 Å². The molecular formula is C22H27NO6. The Kier molecular flexibility index (Phi) is 6.95. The number of rotatable bonds is 7. The molecule has 1 aliphatic heterocycles. The lowest BCUT2D eigenvalue weighted by Crippen LogP contribution is -2.50. The molecule has 2 unspecified atom stereocenters. The van der Waals surface area contributed by atoms with Gasteiger partial charge >= 0.3 is 0 Å². The van der Waals surface area contributed by atoms with E-state index in [4.69, 9.17) is 18.9 Å². The van der Waals surface area contributed by atoms with Crippen molar-refractivity contribution in [3.05, 3.63) is 53.6 Å². The van der Waals surface area contributed by atoms with Gasteiger partial charge in [-0.05, 0) is 36.8 Å². The predicted molar refractivity (Wildman–Crippen MR) is 107 cm³/mol. The third-order valence-corrected chi connectivity index (χ3v) is 4.98. The molecule has 0 aliphatic carbocycles. The monoisotopic (exact) mass is 401 g/mol. The van der Waals surface area contributed by atoms with Crippen molar-refractivity contribution in [1.29, 1.82) is 0 Å². The number of morpholine rings is 1. The minimum absolute atomic E-state index is 0.0923. The van der Waals surface area contributed by atoms with Crippen LogP contribution in [0.4, 0.5) is 0 Å². The second kappa shape index (κ2) is 9.62. The maximum atomic E-state index is 13.0. The fourth-order valence-electron chi connectivity index (χ4n) is 3.46. The van der Waals surface area contributed by atoms with Crippen molar-refractivity contribution in [2.75, 3.05) is 40.6 Å². The predicted octanol–water partition coefficient (Wildman–Crippen LogP) is 2.35. The normalized spacial score (nSPS) is 19.0. The highest BCUT2D eigenvalue weighted by Crippen LogP contribution is 2.35. The second-order valence-electron chi connectivity index (χ2n) is 6.84. The molecule has 29 heavy (non-hydrogen) atoms. The summed E-state index contributed by atoms with van der Waals surface area (Å²) in [7, 11) is 3.12. The molecule has 0 bridgehead atoms. The molecule has 0 aromatic heterocycles. The third kappa shape index (κ3) is 4.81. The number of aliphatic hydroxyl groups excluding tert-OH is 1. The van der Waals surface area contributed by atoms with Crippen LogP contribution in [0.1, 0.15) is 17.2 Å². The Morgan fingerprint density at radius 1 is 1.14 bits per heavy atom. The topological polar surface area (TPSA) is 77.5 Å². The number of nitrogens with zero attached hydrogens (tertiary/aromatic N) is 1. The van der Waals surface area contributed by atoms with Gasteiger partial charge in [-0.15, -0.1) is 0 Å². The van der Waals surface area contributed by atoms with Gasteiger partial charge in [0.2, 0.25) is 0 Å². The van der Waals surface area contributed by atoms with Gasteiger partial charge in [0, 0.05) is 6.54 Å². The fraction of sp³-hybridized carbons (Fsp3) is 0.409. The molecule has 0 spiro atoms. The van der Waals surface area contributed by atoms with E-state index in [9.17, 15) is 9.90 Å². The van der Waals surface area contributed by atoms with Gasteiger partial charge in [0.1, 0.15) is 11.9 Å². The van der Waals surface area contributed by atoms with Crippen molar-refractivity contribution < 1.29 is 28.8 Å². The van der Waals surface area contributed by atoms with E-state index in [1.165, 1.54) is 0 Å². The third-order valence-electron chi connectivity index (χ3n) is 4.98. The van der Waals surface area contributed by atoms with Gasteiger partial charge in [-0.3, -0.25) is 4.79 Å². The molecule has 1 aliphatic rings. The lowest BCUT2D eigenvalue weighted by atomic mass is 9.97. The molecule has 1 heterocycles. The van der Waals surface area contributed by atoms with E-state index >= 15 is 0 Å². The second-order valence-corrected chi connectivity index (χ2v) is 6.84. The van der Waals surface area contributed by atoms with Crippen molar-refractivity contribution >= 4 is 5.91 Å². The standard InChI is InChI=1S/C22H27NO6/c1-15-4-7-17(8-5-15)29-14-21(25)23-10-11-28-20(13-24)22(23)16-6-9-18(26-2)19(12-16)27-3/h4-9,12,20,22,24H,10-11,13-14H2,1-3H3. The largest absolute Gasteiger partial charge is 0.493 e. The number of amides is 1. The summed E-state index contributed by atoms with van der Waals surface area (Å²) in [5.74, 6) is 1.61. The van der Waals surface area contributed by atoms with Crippen molar-refractivity contribution in [1.82, 2.24) is 4.90 Å². The molecule has 7 heteroatoms. The van der Waals surface area contributed by atoms with Crippen LogP contribution in [0.3, 0.4) is 0 Å². The number of aliphatic hydroxyl groups is 1. The van der Waals surface area contributed by atoms with E-state index in [0.717, 1.165) is 11.1 Å². The summed E-state index contributed by atoms with van der Waals surface area (Å²) in [4.78, 5) is 14.7. The van der Waals surface area contributed by atoms with Gasteiger partial charge in [0.05, 0.1) is 33.5 Å². The zero-order chi connectivity index (χ0) is 20.8. The fourth-order valence-corrected chi connectivity index (χ4v) is 3.46. The van der Waals surface area contributed by atoms with Crippen molar-refractivity contribution in [2.45, 2.75) is 19.1 Å². The average molecular weight is 401 g/mol. The van der Waals surface area contributed by atoms with Crippen LogP contribution in [0.2, 0.25) is 0 Å². The van der Waals surface area contributed by atoms with E-state index in [-0.39, 0.29) is 19.1 Å². The minimum atomic E-state index is -0.537. The number of methoxy groups -OCH3 is 2. The highest BCUT2D eigenvalue weighted by molar-refractivity contribution is 5.78. The zero-order valence-electron chi connectivity index (χ0n) is 17.0. The number of aryl methyl sites for hydroxylation is 1. The van der Waals surface area contributed by atoms with Gasteiger partial charge in [0.25, 0.3) is 5.91 Å². The lowest BCUT2D eigenvalue weighted by molar-refractivity contribution is -0.152. The van der Waals surface area contributed by atoms with Crippen LogP contribution in [0.15, 0.2) is 42.5 Å². The highest BCUT2D eigenvalue weighted by atomic mass is 16.5. The molecule has 0 saturated carbocycles. The SMILES string of the molecule is COc1ccc(C2C(CO)OCCN2C(=O)COc2ccc(C)cc2)cc1OC. The smallest absolute Gasteiger partial charge is 0.261 e. The molecule has 2 atom stereocenters. The molecule has 2 aromatic carbocycles. The molecular weight excluding hydrogens is 374 g/mol. The van der Waals surface area contributed by atoms with Crippen LogP contribution < -0.4 is 14.2 Å². The van der Waals surface area contributed by atoms with Gasteiger partial charge in [0.15, 0.2) is 18.1 Å². The first-order chi connectivity index (χ1) is 14.1. The summed E-state index contributed by atoms with van der Waals surface area (Å²) in [5, 5.41) is 9.83. The van der Waals surface area contributed by atoms with Crippen LogP contribution in [-0.4, -0.2) is 62.6 Å². The van der Waals surface area contributed by atoms with Gasteiger partial charge < -0.3 is 29.0 Å². The molecule has 2 aromatic rings. The Bertz CT molecular complexity index is 823. The number of hydrogen-bond donors (Lipinski definition) is 1. The first kappa shape index (κ1) is 21.0. The molecule has 156 valence electrons. The van der Waals surface area contributed by atoms with Gasteiger partial charge in [-0.25, -0.2) is 0 Å². The zero-order valence-corrected chi connectivity index (χ0v) is 17.0. The Balaban J connectivity index is 1.81. The Morgan fingerprint density at radius 3 is 2.52 bits per heavy atom. The van der Waals surface area contributed by atoms with E-state index in [1.807, 2.05) is 43.3 Å². The molecule has 1 amide bonds. The number of hydrogen-bond acceptors (Lipinski definition) is 6. The summed E-state index contributed by atoms with van der Waals surface area (Å²) in [6.45, 7) is 2.45. The van der Waals surface area contributed by atoms with Gasteiger partial charge in [-0.2, -0.15) is 0 Å². The van der Waals surface area contributed by atoms with Crippen molar-refractivity contribution in [2.24, 2.45) is 0 Å². The molecule has 0 radical (unpaired) electrons. The van der Waals surface area contributed by atoms with E-state index in [2.05, 4.69) is 0 Å². The lowest BCUT2D eigenvalue weighted by Gasteiger charge is -2.41. The first-order valence-electron chi connectivity index (χ1n) is 9.50. The maximum absolute atomic E-state index is 13.0. The average Bonchev–Trinajstić information content (AvgIpc) is 2.77. The summed E-state index contributed by atoms with van der Waals surface area (Å²) in [6.07, 6.45) is -0.537. The number of benzene rings is 2. The number of ether oxygens (including phenoxy) is 4. The molecule has 7 nitrogen and oxygen atoms in total. The quantitative estimate of drug-likeness (QED) is 0.768. The number of carbonyl (C=O) groups is 1. The summed E-state index contributed by atoms with van der Waals surface area (Å²) < 4.78 is 22.1. The molecule has 3 rings (SSSR count). The summed E-state index contributed by atoms with van der Waals surface area (Å²) >= 11 is 0. The minimum Gasteiger partial charge on any atom is -0.493 e. The van der Waals surface area contributed by atoms with Crippen LogP contribution >= 0.6 is 0 Å². The van der Waals surface area contributed by atoms with Crippen molar-refractivity contribution in [3.63, 3.8) is 0 Å². The van der Waals surface area contributed by atoms with E-state index < -0.39 is 12.1 Å². The Morgan fingerprint density at radius 2 is 1.86 bits per heavy atom.